The maximum absolute atomic E-state index is 12.9. The van der Waals surface area contributed by atoms with Gasteiger partial charge in [0.1, 0.15) is 23.4 Å². The SMILES string of the molecule is Cc1nnn(-c2ccc(C(F)F)cc2)c1COc1ccc(N2CCN(C(=O)OC(C)(C)C)[C@](C)(C(N)=O)C2)nn1. The van der Waals surface area contributed by atoms with Crippen molar-refractivity contribution in [2.75, 3.05) is 24.5 Å². The minimum atomic E-state index is -2.56. The summed E-state index contributed by atoms with van der Waals surface area (Å²) in [4.78, 5) is 28.4. The predicted octanol–water partition coefficient (Wildman–Crippen LogP) is 3.18. The highest BCUT2D eigenvalue weighted by Gasteiger charge is 2.47. The monoisotopic (exact) mass is 558 g/mol. The van der Waals surface area contributed by atoms with E-state index in [0.29, 0.717) is 29.4 Å². The third kappa shape index (κ3) is 6.10. The van der Waals surface area contributed by atoms with Crippen LogP contribution >= 0.6 is 0 Å². The molecule has 1 aliphatic rings. The number of piperazine rings is 1. The highest BCUT2D eigenvalue weighted by molar-refractivity contribution is 5.89. The summed E-state index contributed by atoms with van der Waals surface area (Å²) in [5.41, 5.74) is 5.37. The Hall–Kier alpha value is -4.36. The molecular formula is C26H32F2N8O4. The quantitative estimate of drug-likeness (QED) is 0.463. The number of nitrogens with zero attached hydrogens (tertiary/aromatic N) is 7. The van der Waals surface area contributed by atoms with Crippen molar-refractivity contribution in [2.24, 2.45) is 5.73 Å². The van der Waals surface area contributed by atoms with Gasteiger partial charge in [-0.15, -0.1) is 15.3 Å². The second-order valence-corrected chi connectivity index (χ2v) is 10.6. The van der Waals surface area contributed by atoms with E-state index in [1.165, 1.54) is 33.8 Å². The van der Waals surface area contributed by atoms with E-state index in [0.717, 1.165) is 0 Å². The molecule has 14 heteroatoms. The summed E-state index contributed by atoms with van der Waals surface area (Å²) in [6, 6.07) is 9.07. The molecule has 0 unspecified atom stereocenters. The van der Waals surface area contributed by atoms with Crippen molar-refractivity contribution in [3.8, 4) is 11.6 Å². The summed E-state index contributed by atoms with van der Waals surface area (Å²) in [5.74, 6) is 0.0417. The lowest BCUT2D eigenvalue weighted by Crippen LogP contribution is -2.68. The molecule has 1 aliphatic heterocycles. The molecular weight excluding hydrogens is 526 g/mol. The van der Waals surface area contributed by atoms with Crippen LogP contribution in [-0.2, 0) is 16.1 Å². The summed E-state index contributed by atoms with van der Waals surface area (Å²) < 4.78 is 38.6. The average molecular weight is 559 g/mol. The van der Waals surface area contributed by atoms with Gasteiger partial charge in [-0.2, -0.15) is 0 Å². The number of rotatable bonds is 7. The molecule has 3 heterocycles. The van der Waals surface area contributed by atoms with E-state index in [4.69, 9.17) is 15.2 Å². The van der Waals surface area contributed by atoms with E-state index in [9.17, 15) is 18.4 Å². The van der Waals surface area contributed by atoms with Gasteiger partial charge in [-0.25, -0.2) is 18.3 Å². The zero-order valence-electron chi connectivity index (χ0n) is 23.0. The normalized spacial score (nSPS) is 17.7. The van der Waals surface area contributed by atoms with E-state index in [-0.39, 0.29) is 31.1 Å². The zero-order valence-corrected chi connectivity index (χ0v) is 23.0. The van der Waals surface area contributed by atoms with E-state index >= 15 is 0 Å². The second-order valence-electron chi connectivity index (χ2n) is 10.6. The van der Waals surface area contributed by atoms with Crippen LogP contribution in [0.3, 0.4) is 0 Å². The number of hydrogen-bond acceptors (Lipinski definition) is 9. The predicted molar refractivity (Wildman–Crippen MR) is 140 cm³/mol. The van der Waals surface area contributed by atoms with Crippen LogP contribution in [-0.4, -0.2) is 72.9 Å². The molecule has 2 amide bonds. The summed E-state index contributed by atoms with van der Waals surface area (Å²) in [7, 11) is 0. The standard InChI is InChI=1S/C26H32F2N8O4/c1-16-19(36(33-30-16)18-8-6-17(7-9-18)22(27)28)14-39-21-11-10-20(31-32-21)34-12-13-35(24(38)40-25(2,3)4)26(5,15-34)23(29)37/h6-11,22H,12-15H2,1-5H3,(H2,29,37)/t26-/m0/s1. The van der Waals surface area contributed by atoms with E-state index in [2.05, 4.69) is 20.5 Å². The summed E-state index contributed by atoms with van der Waals surface area (Å²) in [6.07, 6.45) is -3.17. The van der Waals surface area contributed by atoms with Crippen molar-refractivity contribution in [2.45, 2.75) is 58.8 Å². The van der Waals surface area contributed by atoms with Crippen LogP contribution in [0.5, 0.6) is 5.88 Å². The van der Waals surface area contributed by atoms with Gasteiger partial charge >= 0.3 is 6.09 Å². The van der Waals surface area contributed by atoms with E-state index < -0.39 is 29.6 Å². The molecule has 2 aromatic heterocycles. The number of ether oxygens (including phenoxy) is 2. The number of carbonyl (C=O) groups excluding carboxylic acids is 2. The van der Waals surface area contributed by atoms with E-state index in [1.54, 1.807) is 46.8 Å². The molecule has 0 saturated carbocycles. The second kappa shape index (κ2) is 11.0. The molecule has 0 radical (unpaired) electrons. The lowest BCUT2D eigenvalue weighted by molar-refractivity contribution is -0.129. The fraction of sp³-hybridized carbons (Fsp3) is 0.462. The smallest absolute Gasteiger partial charge is 0.411 e. The van der Waals surface area contributed by atoms with Crippen molar-refractivity contribution >= 4 is 17.8 Å². The average Bonchev–Trinajstić information content (AvgIpc) is 3.26. The molecule has 0 bridgehead atoms. The molecule has 214 valence electrons. The Morgan fingerprint density at radius 3 is 2.35 bits per heavy atom. The number of aryl methyl sites for hydroxylation is 1. The minimum absolute atomic E-state index is 0.0533. The first-order valence-electron chi connectivity index (χ1n) is 12.6. The van der Waals surface area contributed by atoms with Gasteiger partial charge in [0.05, 0.1) is 17.9 Å². The van der Waals surface area contributed by atoms with Crippen LogP contribution in [0.25, 0.3) is 5.69 Å². The molecule has 40 heavy (non-hydrogen) atoms. The number of carbonyl (C=O) groups is 2. The van der Waals surface area contributed by atoms with E-state index in [1.807, 2.05) is 4.90 Å². The Kier molecular flexibility index (Phi) is 7.89. The van der Waals surface area contributed by atoms with Crippen LogP contribution in [0.1, 0.15) is 51.1 Å². The summed E-state index contributed by atoms with van der Waals surface area (Å²) in [5, 5.41) is 16.6. The van der Waals surface area contributed by atoms with Crippen molar-refractivity contribution in [1.29, 1.82) is 0 Å². The number of anilines is 1. The van der Waals surface area contributed by atoms with Gasteiger partial charge < -0.3 is 20.1 Å². The van der Waals surface area contributed by atoms with Crippen LogP contribution in [0.15, 0.2) is 36.4 Å². The lowest BCUT2D eigenvalue weighted by atomic mass is 9.95. The highest BCUT2D eigenvalue weighted by Crippen LogP contribution is 2.27. The van der Waals surface area contributed by atoms with Crippen molar-refractivity contribution < 1.29 is 27.8 Å². The number of nitrogens with two attached hydrogens (primary N) is 1. The Labute approximate surface area is 230 Å². The van der Waals surface area contributed by atoms with Gasteiger partial charge in [-0.3, -0.25) is 9.69 Å². The third-order valence-electron chi connectivity index (χ3n) is 6.49. The summed E-state index contributed by atoms with van der Waals surface area (Å²) in [6.45, 7) is 9.34. The molecule has 12 nitrogen and oxygen atoms in total. The van der Waals surface area contributed by atoms with Gasteiger partial charge in [-0.05, 0) is 52.8 Å². The number of benzene rings is 1. The third-order valence-corrected chi connectivity index (χ3v) is 6.49. The fourth-order valence-corrected chi connectivity index (χ4v) is 4.23. The number of primary amides is 1. The van der Waals surface area contributed by atoms with Crippen molar-refractivity contribution in [3.63, 3.8) is 0 Å². The Bertz CT molecular complexity index is 1360. The van der Waals surface area contributed by atoms with Gasteiger partial charge in [-0.1, -0.05) is 17.3 Å². The molecule has 1 fully saturated rings. The first kappa shape index (κ1) is 28.6. The largest absolute Gasteiger partial charge is 0.470 e. The van der Waals surface area contributed by atoms with Crippen molar-refractivity contribution in [3.05, 3.63) is 53.3 Å². The maximum Gasteiger partial charge on any atom is 0.411 e. The number of amides is 2. The lowest BCUT2D eigenvalue weighted by Gasteiger charge is -2.47. The molecule has 2 N–H and O–H groups in total. The molecule has 1 atom stereocenters. The van der Waals surface area contributed by atoms with Crippen LogP contribution < -0.4 is 15.4 Å². The minimum Gasteiger partial charge on any atom is -0.470 e. The Morgan fingerprint density at radius 1 is 1.07 bits per heavy atom. The van der Waals surface area contributed by atoms with Gasteiger partial charge in [0.15, 0.2) is 5.82 Å². The van der Waals surface area contributed by atoms with Gasteiger partial charge in [0, 0.05) is 24.7 Å². The number of aromatic nitrogens is 5. The number of alkyl halides is 2. The Balaban J connectivity index is 1.44. The fourth-order valence-electron chi connectivity index (χ4n) is 4.23. The van der Waals surface area contributed by atoms with Gasteiger partial charge in [0.25, 0.3) is 6.43 Å². The topological polar surface area (TPSA) is 142 Å². The first-order chi connectivity index (χ1) is 18.8. The number of hydrogen-bond donors (Lipinski definition) is 1. The van der Waals surface area contributed by atoms with Gasteiger partial charge in [0.2, 0.25) is 11.8 Å². The summed E-state index contributed by atoms with van der Waals surface area (Å²) >= 11 is 0. The molecule has 1 aromatic carbocycles. The van der Waals surface area contributed by atoms with Crippen molar-refractivity contribution in [1.82, 2.24) is 30.1 Å². The molecule has 0 spiro atoms. The molecule has 4 rings (SSSR count). The first-order valence-corrected chi connectivity index (χ1v) is 12.6. The molecule has 1 saturated heterocycles. The molecule has 0 aliphatic carbocycles. The Morgan fingerprint density at radius 2 is 1.77 bits per heavy atom. The van der Waals surface area contributed by atoms with Crippen LogP contribution in [0, 0.1) is 6.92 Å². The van der Waals surface area contributed by atoms with Crippen LogP contribution in [0.2, 0.25) is 0 Å². The zero-order chi connectivity index (χ0) is 29.2. The maximum atomic E-state index is 12.9. The highest BCUT2D eigenvalue weighted by atomic mass is 19.3. The number of halogens is 2. The molecule has 3 aromatic rings. The van der Waals surface area contributed by atoms with Crippen LogP contribution in [0.4, 0.5) is 19.4 Å².